The first-order valence-corrected chi connectivity index (χ1v) is 11.3. The number of nitrogens with zero attached hydrogens (tertiary/aromatic N) is 2. The fraction of sp³-hybridized carbons (Fsp3) is 0.381. The monoisotopic (exact) mass is 415 g/mol. The third kappa shape index (κ3) is 4.77. The van der Waals surface area contributed by atoms with Gasteiger partial charge in [0.25, 0.3) is 0 Å². The number of rotatable bonds is 5. The summed E-state index contributed by atoms with van der Waals surface area (Å²) in [5.41, 5.74) is 3.35. The van der Waals surface area contributed by atoms with Crippen molar-refractivity contribution in [1.29, 1.82) is 0 Å². The van der Waals surface area contributed by atoms with Gasteiger partial charge in [-0.1, -0.05) is 24.3 Å². The standard InChI is InChI=1S/C21H25N3O4S/c22-29(26,27)19-4-1-16(2-5-19)14-21(25)24-10-8-23(9-11-24)15-17-3-6-20-18(13-17)7-12-28-20/h1-6,13H,7-12,14-15H2,(H2,22,26,27). The van der Waals surface area contributed by atoms with Gasteiger partial charge in [-0.2, -0.15) is 0 Å². The van der Waals surface area contributed by atoms with Crippen molar-refractivity contribution in [3.05, 3.63) is 59.2 Å². The molecule has 2 N–H and O–H groups in total. The van der Waals surface area contributed by atoms with Gasteiger partial charge in [-0.05, 0) is 34.9 Å². The van der Waals surface area contributed by atoms with Crippen LogP contribution in [-0.4, -0.2) is 56.9 Å². The van der Waals surface area contributed by atoms with Crippen molar-refractivity contribution in [2.45, 2.75) is 24.3 Å². The molecule has 29 heavy (non-hydrogen) atoms. The molecule has 1 saturated heterocycles. The molecule has 0 bridgehead atoms. The summed E-state index contributed by atoms with van der Waals surface area (Å²) in [6, 6.07) is 12.6. The number of ether oxygens (including phenoxy) is 1. The Kier molecular flexibility index (Phi) is 5.58. The largest absolute Gasteiger partial charge is 0.493 e. The molecule has 0 aliphatic carbocycles. The molecule has 2 aliphatic heterocycles. The van der Waals surface area contributed by atoms with Crippen LogP contribution in [0.15, 0.2) is 47.4 Å². The normalized spacial score (nSPS) is 17.1. The highest BCUT2D eigenvalue weighted by Gasteiger charge is 2.22. The van der Waals surface area contributed by atoms with Gasteiger partial charge in [0.2, 0.25) is 15.9 Å². The van der Waals surface area contributed by atoms with Crippen LogP contribution in [0.1, 0.15) is 16.7 Å². The topological polar surface area (TPSA) is 92.9 Å². The molecule has 2 aromatic rings. The second kappa shape index (κ2) is 8.14. The van der Waals surface area contributed by atoms with E-state index >= 15 is 0 Å². The highest BCUT2D eigenvalue weighted by atomic mass is 32.2. The van der Waals surface area contributed by atoms with E-state index < -0.39 is 10.0 Å². The third-order valence-electron chi connectivity index (χ3n) is 5.49. The Morgan fingerprint density at radius 2 is 1.69 bits per heavy atom. The number of primary sulfonamides is 1. The van der Waals surface area contributed by atoms with Crippen LogP contribution >= 0.6 is 0 Å². The smallest absolute Gasteiger partial charge is 0.238 e. The van der Waals surface area contributed by atoms with Gasteiger partial charge >= 0.3 is 0 Å². The van der Waals surface area contributed by atoms with E-state index in [4.69, 9.17) is 9.88 Å². The lowest BCUT2D eigenvalue weighted by atomic mass is 10.1. The lowest BCUT2D eigenvalue weighted by Gasteiger charge is -2.35. The number of carbonyl (C=O) groups is 1. The number of benzene rings is 2. The van der Waals surface area contributed by atoms with E-state index in [9.17, 15) is 13.2 Å². The van der Waals surface area contributed by atoms with Crippen LogP contribution in [0.2, 0.25) is 0 Å². The molecule has 0 radical (unpaired) electrons. The molecule has 1 fully saturated rings. The Morgan fingerprint density at radius 1 is 1.00 bits per heavy atom. The number of hydrogen-bond acceptors (Lipinski definition) is 5. The average Bonchev–Trinajstić information content (AvgIpc) is 3.16. The molecule has 154 valence electrons. The Hall–Kier alpha value is -2.42. The lowest BCUT2D eigenvalue weighted by molar-refractivity contribution is -0.132. The minimum Gasteiger partial charge on any atom is -0.493 e. The third-order valence-corrected chi connectivity index (χ3v) is 6.42. The SMILES string of the molecule is NS(=O)(=O)c1ccc(CC(=O)N2CCN(Cc3ccc4c(c3)CCO4)CC2)cc1. The number of fused-ring (bicyclic) bond motifs is 1. The zero-order chi connectivity index (χ0) is 20.4. The van der Waals surface area contributed by atoms with Crippen LogP contribution in [0.3, 0.4) is 0 Å². The number of amides is 1. The summed E-state index contributed by atoms with van der Waals surface area (Å²) in [5.74, 6) is 1.06. The van der Waals surface area contributed by atoms with E-state index in [1.54, 1.807) is 12.1 Å². The Morgan fingerprint density at radius 3 is 2.38 bits per heavy atom. The fourth-order valence-electron chi connectivity index (χ4n) is 3.84. The molecule has 4 rings (SSSR count). The van der Waals surface area contributed by atoms with Gasteiger partial charge < -0.3 is 9.64 Å². The molecule has 2 aromatic carbocycles. The quantitative estimate of drug-likeness (QED) is 0.791. The summed E-state index contributed by atoms with van der Waals surface area (Å²) < 4.78 is 28.2. The molecule has 1 amide bonds. The molecule has 0 spiro atoms. The van der Waals surface area contributed by atoms with Gasteiger partial charge in [-0.3, -0.25) is 9.69 Å². The number of piperazine rings is 1. The van der Waals surface area contributed by atoms with Crippen molar-refractivity contribution in [2.24, 2.45) is 5.14 Å². The van der Waals surface area contributed by atoms with Crippen LogP contribution in [0.4, 0.5) is 0 Å². The van der Waals surface area contributed by atoms with E-state index in [2.05, 4.69) is 23.1 Å². The maximum absolute atomic E-state index is 12.6. The van der Waals surface area contributed by atoms with Gasteiger partial charge in [-0.25, -0.2) is 13.6 Å². The number of sulfonamides is 1. The van der Waals surface area contributed by atoms with Crippen molar-refractivity contribution < 1.29 is 17.9 Å². The molecular formula is C21H25N3O4S. The summed E-state index contributed by atoms with van der Waals surface area (Å²) in [4.78, 5) is 16.9. The summed E-state index contributed by atoms with van der Waals surface area (Å²) >= 11 is 0. The van der Waals surface area contributed by atoms with Crippen LogP contribution in [0, 0.1) is 0 Å². The minimum atomic E-state index is -3.71. The minimum absolute atomic E-state index is 0.0560. The number of nitrogens with two attached hydrogens (primary N) is 1. The number of hydrogen-bond donors (Lipinski definition) is 1. The molecule has 0 saturated carbocycles. The van der Waals surface area contributed by atoms with Gasteiger partial charge in [0, 0.05) is 39.1 Å². The molecule has 0 aromatic heterocycles. The molecule has 7 nitrogen and oxygen atoms in total. The summed E-state index contributed by atoms with van der Waals surface area (Å²) in [6.07, 6.45) is 1.24. The van der Waals surface area contributed by atoms with Gasteiger partial charge in [-0.15, -0.1) is 0 Å². The van der Waals surface area contributed by atoms with E-state index in [-0.39, 0.29) is 17.2 Å². The summed E-state index contributed by atoms with van der Waals surface area (Å²) in [7, 11) is -3.71. The maximum atomic E-state index is 12.6. The second-order valence-corrected chi connectivity index (χ2v) is 9.12. The first-order valence-electron chi connectivity index (χ1n) is 9.75. The summed E-state index contributed by atoms with van der Waals surface area (Å²) in [5, 5.41) is 5.11. The van der Waals surface area contributed by atoms with Crippen molar-refractivity contribution in [3.8, 4) is 5.75 Å². The molecular weight excluding hydrogens is 390 g/mol. The fourth-order valence-corrected chi connectivity index (χ4v) is 4.35. The first-order chi connectivity index (χ1) is 13.9. The summed E-state index contributed by atoms with van der Waals surface area (Å²) in [6.45, 7) is 4.71. The molecule has 8 heteroatoms. The van der Waals surface area contributed by atoms with Crippen LogP contribution in [-0.2, 0) is 34.2 Å². The van der Waals surface area contributed by atoms with E-state index in [0.29, 0.717) is 13.1 Å². The van der Waals surface area contributed by atoms with Crippen LogP contribution in [0.25, 0.3) is 0 Å². The van der Waals surface area contributed by atoms with Crippen molar-refractivity contribution in [2.75, 3.05) is 32.8 Å². The van der Waals surface area contributed by atoms with E-state index in [1.165, 1.54) is 23.3 Å². The first kappa shape index (κ1) is 19.9. The average molecular weight is 416 g/mol. The van der Waals surface area contributed by atoms with Crippen molar-refractivity contribution >= 4 is 15.9 Å². The highest BCUT2D eigenvalue weighted by Crippen LogP contribution is 2.26. The van der Waals surface area contributed by atoms with Crippen molar-refractivity contribution in [3.63, 3.8) is 0 Å². The Labute approximate surface area is 171 Å². The van der Waals surface area contributed by atoms with Crippen LogP contribution in [0.5, 0.6) is 5.75 Å². The Balaban J connectivity index is 1.28. The predicted octanol–water partition coefficient (Wildman–Crippen LogP) is 1.16. The van der Waals surface area contributed by atoms with Crippen LogP contribution < -0.4 is 9.88 Å². The van der Waals surface area contributed by atoms with Gasteiger partial charge in [0.15, 0.2) is 0 Å². The molecule has 2 aliphatic rings. The zero-order valence-corrected chi connectivity index (χ0v) is 17.0. The highest BCUT2D eigenvalue weighted by molar-refractivity contribution is 7.89. The molecule has 0 atom stereocenters. The second-order valence-electron chi connectivity index (χ2n) is 7.56. The van der Waals surface area contributed by atoms with E-state index in [1.807, 2.05) is 4.90 Å². The molecule has 0 unspecified atom stereocenters. The van der Waals surface area contributed by atoms with Gasteiger partial charge in [0.05, 0.1) is 17.9 Å². The molecule has 2 heterocycles. The Bertz CT molecular complexity index is 997. The zero-order valence-electron chi connectivity index (χ0n) is 16.2. The lowest BCUT2D eigenvalue weighted by Crippen LogP contribution is -2.48. The van der Waals surface area contributed by atoms with Crippen molar-refractivity contribution in [1.82, 2.24) is 9.80 Å². The maximum Gasteiger partial charge on any atom is 0.238 e. The predicted molar refractivity (Wildman–Crippen MR) is 109 cm³/mol. The van der Waals surface area contributed by atoms with E-state index in [0.717, 1.165) is 44.0 Å². The van der Waals surface area contributed by atoms with Gasteiger partial charge in [0.1, 0.15) is 5.75 Å². The number of carbonyl (C=O) groups excluding carboxylic acids is 1.